The number of nitro benzene ring substituents is 1. The van der Waals surface area contributed by atoms with Crippen LogP contribution in [0, 0.1) is 10.1 Å². The molecule has 0 saturated heterocycles. The van der Waals surface area contributed by atoms with Crippen LogP contribution in [0.5, 0.6) is 0 Å². The molecule has 0 aliphatic carbocycles. The van der Waals surface area contributed by atoms with Gasteiger partial charge in [-0.15, -0.1) is 0 Å². The van der Waals surface area contributed by atoms with Crippen LogP contribution < -0.4 is 0 Å². The van der Waals surface area contributed by atoms with E-state index in [1.165, 1.54) is 30.5 Å². The summed E-state index contributed by atoms with van der Waals surface area (Å²) in [7, 11) is 0. The Balaban J connectivity index is 1.49. The minimum Gasteiger partial charge on any atom is -0.361 e. The molecule has 1 aliphatic heterocycles. The van der Waals surface area contributed by atoms with Gasteiger partial charge in [0.15, 0.2) is 0 Å². The predicted octanol–water partition coefficient (Wildman–Crippen LogP) is 4.87. The highest BCUT2D eigenvalue weighted by molar-refractivity contribution is 6.50. The van der Waals surface area contributed by atoms with Gasteiger partial charge in [-0.3, -0.25) is 19.7 Å². The molecule has 2 N–H and O–H groups in total. The summed E-state index contributed by atoms with van der Waals surface area (Å²) in [5, 5.41) is 17.6. The molecule has 0 radical (unpaired) electrons. The van der Waals surface area contributed by atoms with E-state index >= 15 is 0 Å². The van der Waals surface area contributed by atoms with Gasteiger partial charge in [-0.25, -0.2) is 0 Å². The maximum absolute atomic E-state index is 13.7. The van der Waals surface area contributed by atoms with Crippen LogP contribution in [0.4, 0.5) is 5.69 Å². The molecule has 174 valence electrons. The molecule has 3 aromatic carbocycles. The van der Waals surface area contributed by atoms with Crippen molar-refractivity contribution in [2.45, 2.75) is 0 Å². The standard InChI is InChI=1S/C27H17N5O4/c33-26-24(20-14-28-22-7-3-1-5-18(20)22)25(21-15-29-23-8-4-2-6-19(21)23)27(34)31(26)30-13-16-9-11-17(12-10-16)32(35)36/h1-15,28-29H/b30-13+. The van der Waals surface area contributed by atoms with Crippen molar-refractivity contribution in [3.8, 4) is 0 Å². The zero-order valence-electron chi connectivity index (χ0n) is 18.6. The Morgan fingerprint density at radius 2 is 1.25 bits per heavy atom. The molecule has 9 nitrogen and oxygen atoms in total. The number of carbonyl (C=O) groups is 2. The first-order valence-electron chi connectivity index (χ1n) is 11.1. The third-order valence-corrected chi connectivity index (χ3v) is 6.21. The van der Waals surface area contributed by atoms with Crippen LogP contribution in [-0.4, -0.2) is 37.9 Å². The fourth-order valence-electron chi connectivity index (χ4n) is 4.49. The summed E-state index contributed by atoms with van der Waals surface area (Å²) >= 11 is 0. The molecule has 9 heteroatoms. The van der Waals surface area contributed by atoms with Gasteiger partial charge in [0.25, 0.3) is 17.5 Å². The van der Waals surface area contributed by atoms with Crippen molar-refractivity contribution in [3.05, 3.63) is 112 Å². The highest BCUT2D eigenvalue weighted by Gasteiger charge is 2.41. The Hall–Kier alpha value is -5.31. The van der Waals surface area contributed by atoms with Gasteiger partial charge in [-0.1, -0.05) is 36.4 Å². The second-order valence-electron chi connectivity index (χ2n) is 8.26. The molecule has 0 atom stereocenters. The Morgan fingerprint density at radius 1 is 0.750 bits per heavy atom. The van der Waals surface area contributed by atoms with Crippen molar-refractivity contribution < 1.29 is 14.5 Å². The summed E-state index contributed by atoms with van der Waals surface area (Å²) in [5.41, 5.74) is 3.85. The number of nitro groups is 1. The van der Waals surface area contributed by atoms with E-state index in [1.54, 1.807) is 12.4 Å². The molecule has 3 heterocycles. The molecule has 0 saturated carbocycles. The van der Waals surface area contributed by atoms with Crippen molar-refractivity contribution in [3.63, 3.8) is 0 Å². The number of hydrazone groups is 1. The van der Waals surface area contributed by atoms with Crippen LogP contribution in [0.25, 0.3) is 33.0 Å². The SMILES string of the molecule is O=C1C(c2c[nH]c3ccccc23)=C(c2c[nH]c3ccccc23)C(=O)N1/N=C/c1ccc([N+](=O)[O-])cc1. The van der Waals surface area contributed by atoms with Gasteiger partial charge in [-0.05, 0) is 29.8 Å². The van der Waals surface area contributed by atoms with Gasteiger partial charge in [0, 0.05) is 57.5 Å². The van der Waals surface area contributed by atoms with Crippen molar-refractivity contribution >= 4 is 56.7 Å². The molecule has 36 heavy (non-hydrogen) atoms. The molecule has 0 unspecified atom stereocenters. The normalized spacial score (nSPS) is 14.2. The highest BCUT2D eigenvalue weighted by atomic mass is 16.6. The molecule has 1 aliphatic rings. The predicted molar refractivity (Wildman–Crippen MR) is 136 cm³/mol. The molecule has 2 aromatic heterocycles. The summed E-state index contributed by atoms with van der Waals surface area (Å²) in [6, 6.07) is 20.8. The van der Waals surface area contributed by atoms with Crippen molar-refractivity contribution in [1.82, 2.24) is 15.0 Å². The average Bonchev–Trinajstić information content (AvgIpc) is 3.57. The third kappa shape index (κ3) is 3.30. The molecular formula is C27H17N5O4. The van der Waals surface area contributed by atoms with Crippen LogP contribution in [0.1, 0.15) is 16.7 Å². The number of aromatic amines is 2. The second kappa shape index (κ2) is 8.17. The number of H-pyrrole nitrogens is 2. The van der Waals surface area contributed by atoms with Gasteiger partial charge in [0.2, 0.25) is 0 Å². The van der Waals surface area contributed by atoms with Gasteiger partial charge in [0.1, 0.15) is 0 Å². The molecule has 0 bridgehead atoms. The summed E-state index contributed by atoms with van der Waals surface area (Å²) in [4.78, 5) is 44.1. The number of benzene rings is 3. The van der Waals surface area contributed by atoms with E-state index in [2.05, 4.69) is 15.1 Å². The lowest BCUT2D eigenvalue weighted by Crippen LogP contribution is -2.26. The topological polar surface area (TPSA) is 124 Å². The number of hydrogen-bond donors (Lipinski definition) is 2. The van der Waals surface area contributed by atoms with E-state index in [-0.39, 0.29) is 16.8 Å². The smallest absolute Gasteiger partial charge is 0.283 e. The van der Waals surface area contributed by atoms with Crippen molar-refractivity contribution in [2.75, 3.05) is 0 Å². The minimum atomic E-state index is -0.553. The third-order valence-electron chi connectivity index (χ3n) is 6.21. The zero-order valence-corrected chi connectivity index (χ0v) is 18.6. The number of imide groups is 1. The largest absolute Gasteiger partial charge is 0.361 e. The molecule has 6 rings (SSSR count). The number of aromatic nitrogens is 2. The zero-order chi connectivity index (χ0) is 24.8. The monoisotopic (exact) mass is 475 g/mol. The van der Waals surface area contributed by atoms with Crippen LogP contribution >= 0.6 is 0 Å². The summed E-state index contributed by atoms with van der Waals surface area (Å²) in [6.07, 6.45) is 4.79. The molecule has 0 fully saturated rings. The van der Waals surface area contributed by atoms with Gasteiger partial charge in [0.05, 0.1) is 22.3 Å². The van der Waals surface area contributed by atoms with Gasteiger partial charge >= 0.3 is 0 Å². The second-order valence-corrected chi connectivity index (χ2v) is 8.26. The molecule has 0 spiro atoms. The lowest BCUT2D eigenvalue weighted by molar-refractivity contribution is -0.384. The number of nitrogens with zero attached hydrogens (tertiary/aromatic N) is 3. The minimum absolute atomic E-state index is 0.0645. The fraction of sp³-hybridized carbons (Fsp3) is 0. The average molecular weight is 475 g/mol. The highest BCUT2D eigenvalue weighted by Crippen LogP contribution is 2.40. The van der Waals surface area contributed by atoms with E-state index in [4.69, 9.17) is 0 Å². The number of hydrogen-bond acceptors (Lipinski definition) is 5. The maximum atomic E-state index is 13.7. The summed E-state index contributed by atoms with van der Waals surface area (Å²) < 4.78 is 0. The number of rotatable bonds is 5. The molecular weight excluding hydrogens is 458 g/mol. The lowest BCUT2D eigenvalue weighted by atomic mass is 9.95. The first kappa shape index (κ1) is 21.2. The summed E-state index contributed by atoms with van der Waals surface area (Å²) in [5.74, 6) is -1.11. The first-order valence-corrected chi connectivity index (χ1v) is 11.1. The molecule has 2 amide bonds. The Morgan fingerprint density at radius 3 is 1.75 bits per heavy atom. The van der Waals surface area contributed by atoms with Crippen molar-refractivity contribution in [1.29, 1.82) is 0 Å². The van der Waals surface area contributed by atoms with E-state index in [9.17, 15) is 19.7 Å². The number of fused-ring (bicyclic) bond motifs is 2. The molecule has 5 aromatic rings. The Labute approximate surface area is 203 Å². The van der Waals surface area contributed by atoms with Crippen LogP contribution in [0.3, 0.4) is 0 Å². The quantitative estimate of drug-likeness (QED) is 0.163. The van der Waals surface area contributed by atoms with Crippen molar-refractivity contribution in [2.24, 2.45) is 5.10 Å². The van der Waals surface area contributed by atoms with E-state index in [0.29, 0.717) is 16.7 Å². The van der Waals surface area contributed by atoms with Crippen LogP contribution in [0.2, 0.25) is 0 Å². The van der Waals surface area contributed by atoms with E-state index in [0.717, 1.165) is 26.8 Å². The number of amides is 2. The maximum Gasteiger partial charge on any atom is 0.283 e. The fourth-order valence-corrected chi connectivity index (χ4v) is 4.49. The van der Waals surface area contributed by atoms with Gasteiger partial charge < -0.3 is 9.97 Å². The first-order chi connectivity index (χ1) is 17.5. The van der Waals surface area contributed by atoms with Crippen LogP contribution in [0.15, 0.2) is 90.3 Å². The Kier molecular flexibility index (Phi) is 4.82. The van der Waals surface area contributed by atoms with Crippen LogP contribution in [-0.2, 0) is 9.59 Å². The van der Waals surface area contributed by atoms with Gasteiger partial charge in [-0.2, -0.15) is 10.1 Å². The number of nitrogens with one attached hydrogen (secondary N) is 2. The summed E-state index contributed by atoms with van der Waals surface area (Å²) in [6.45, 7) is 0. The number of carbonyl (C=O) groups excluding carboxylic acids is 2. The Bertz CT molecular complexity index is 1660. The number of para-hydroxylation sites is 2. The lowest BCUT2D eigenvalue weighted by Gasteiger charge is -2.07. The number of non-ortho nitro benzene ring substituents is 1. The van der Waals surface area contributed by atoms with E-state index < -0.39 is 16.7 Å². The van der Waals surface area contributed by atoms with E-state index in [1.807, 2.05) is 48.5 Å².